The van der Waals surface area contributed by atoms with E-state index in [2.05, 4.69) is 21.0 Å². The predicted octanol–water partition coefficient (Wildman–Crippen LogP) is 2.51. The monoisotopic (exact) mass is 250 g/mol. The van der Waals surface area contributed by atoms with Gasteiger partial charge in [-0.15, -0.1) is 0 Å². The molecule has 5 nitrogen and oxygen atoms in total. The van der Waals surface area contributed by atoms with Crippen molar-refractivity contribution >= 4 is 11.2 Å². The Morgan fingerprint density at radius 3 is 2.95 bits per heavy atom. The van der Waals surface area contributed by atoms with Gasteiger partial charge in [0.15, 0.2) is 5.65 Å². The summed E-state index contributed by atoms with van der Waals surface area (Å²) in [5, 5.41) is 8.89. The highest BCUT2D eigenvalue weighted by Crippen LogP contribution is 2.29. The van der Waals surface area contributed by atoms with Crippen LogP contribution >= 0.6 is 0 Å². The number of aromatic nitrogens is 3. The van der Waals surface area contributed by atoms with Gasteiger partial charge in [-0.2, -0.15) is 5.26 Å². The first-order chi connectivity index (χ1) is 9.31. The molecular formula is C14H10N4O. The van der Waals surface area contributed by atoms with Crippen molar-refractivity contribution in [1.82, 2.24) is 15.0 Å². The molecule has 2 heterocycles. The summed E-state index contributed by atoms with van der Waals surface area (Å²) >= 11 is 0. The summed E-state index contributed by atoms with van der Waals surface area (Å²) in [5.41, 5.74) is 2.88. The molecule has 5 heteroatoms. The highest BCUT2D eigenvalue weighted by Gasteiger charge is 2.11. The van der Waals surface area contributed by atoms with E-state index >= 15 is 0 Å². The Morgan fingerprint density at radius 2 is 2.21 bits per heavy atom. The molecule has 0 spiro atoms. The quantitative estimate of drug-likeness (QED) is 0.758. The molecule has 0 saturated carbocycles. The van der Waals surface area contributed by atoms with Crippen LogP contribution in [-0.2, 0) is 0 Å². The number of fused-ring (bicyclic) bond motifs is 1. The lowest BCUT2D eigenvalue weighted by atomic mass is 10.1. The molecule has 19 heavy (non-hydrogen) atoms. The van der Waals surface area contributed by atoms with E-state index in [1.807, 2.05) is 18.2 Å². The highest BCUT2D eigenvalue weighted by atomic mass is 16.5. The van der Waals surface area contributed by atoms with Crippen LogP contribution in [0.15, 0.2) is 36.5 Å². The minimum absolute atomic E-state index is 0.551. The largest absolute Gasteiger partial charge is 0.496 e. The van der Waals surface area contributed by atoms with Gasteiger partial charge < -0.3 is 9.72 Å². The molecular weight excluding hydrogens is 240 g/mol. The van der Waals surface area contributed by atoms with Crippen LogP contribution in [0.25, 0.3) is 22.6 Å². The second-order valence-corrected chi connectivity index (χ2v) is 3.99. The number of methoxy groups -OCH3 is 1. The van der Waals surface area contributed by atoms with E-state index in [9.17, 15) is 0 Å². The lowest BCUT2D eigenvalue weighted by Gasteiger charge is -2.05. The molecule has 0 unspecified atom stereocenters. The maximum Gasteiger partial charge on any atom is 0.178 e. The minimum Gasteiger partial charge on any atom is -0.496 e. The van der Waals surface area contributed by atoms with Crippen molar-refractivity contribution < 1.29 is 4.74 Å². The second kappa shape index (κ2) is 4.42. The summed E-state index contributed by atoms with van der Waals surface area (Å²) in [6.45, 7) is 0. The normalized spacial score (nSPS) is 10.3. The van der Waals surface area contributed by atoms with Crippen molar-refractivity contribution in [1.29, 1.82) is 5.26 Å². The van der Waals surface area contributed by atoms with Crippen LogP contribution < -0.4 is 4.74 Å². The number of rotatable bonds is 2. The molecule has 3 rings (SSSR count). The van der Waals surface area contributed by atoms with E-state index in [1.165, 1.54) is 0 Å². The number of hydrogen-bond acceptors (Lipinski definition) is 4. The number of nitrogens with zero attached hydrogens (tertiary/aromatic N) is 3. The lowest BCUT2D eigenvalue weighted by molar-refractivity contribution is 0.416. The molecule has 1 aromatic carbocycles. The Balaban J connectivity index is 2.18. The maximum atomic E-state index is 8.89. The van der Waals surface area contributed by atoms with Crippen LogP contribution in [-0.4, -0.2) is 22.1 Å². The molecule has 0 saturated heterocycles. The van der Waals surface area contributed by atoms with Crippen LogP contribution in [0, 0.1) is 11.3 Å². The first kappa shape index (κ1) is 11.2. The standard InChI is InChI=1S/C14H10N4O/c1-19-12-7-9(8-15)4-5-10(12)13-17-11-3-2-6-16-14(11)18-13/h2-7H,1H3,(H,16,17,18). The Labute approximate surface area is 109 Å². The summed E-state index contributed by atoms with van der Waals surface area (Å²) in [5.74, 6) is 1.29. The Kier molecular flexibility index (Phi) is 2.62. The average molecular weight is 250 g/mol. The van der Waals surface area contributed by atoms with Gasteiger partial charge in [0.1, 0.15) is 11.6 Å². The Hall–Kier alpha value is -2.87. The third kappa shape index (κ3) is 1.89. The summed E-state index contributed by atoms with van der Waals surface area (Å²) in [4.78, 5) is 11.8. The molecule has 92 valence electrons. The molecule has 1 N–H and O–H groups in total. The van der Waals surface area contributed by atoms with Gasteiger partial charge in [0.2, 0.25) is 0 Å². The van der Waals surface area contributed by atoms with Crippen LogP contribution in [0.3, 0.4) is 0 Å². The van der Waals surface area contributed by atoms with Gasteiger partial charge in [0.25, 0.3) is 0 Å². The number of ether oxygens (including phenoxy) is 1. The molecule has 0 amide bonds. The van der Waals surface area contributed by atoms with Gasteiger partial charge >= 0.3 is 0 Å². The zero-order valence-corrected chi connectivity index (χ0v) is 10.2. The third-order valence-electron chi connectivity index (χ3n) is 2.84. The van der Waals surface area contributed by atoms with Gasteiger partial charge in [-0.1, -0.05) is 0 Å². The fraction of sp³-hybridized carbons (Fsp3) is 0.0714. The number of pyridine rings is 1. The van der Waals surface area contributed by atoms with Crippen molar-refractivity contribution in [3.8, 4) is 23.2 Å². The molecule has 0 atom stereocenters. The van der Waals surface area contributed by atoms with Gasteiger partial charge in [-0.05, 0) is 30.3 Å². The maximum absolute atomic E-state index is 8.89. The molecule has 0 aliphatic carbocycles. The molecule has 3 aromatic rings. The zero-order chi connectivity index (χ0) is 13.2. The average Bonchev–Trinajstić information content (AvgIpc) is 2.90. The first-order valence-corrected chi connectivity index (χ1v) is 5.71. The van der Waals surface area contributed by atoms with E-state index in [4.69, 9.17) is 10.00 Å². The van der Waals surface area contributed by atoms with E-state index in [1.54, 1.807) is 25.4 Å². The van der Waals surface area contributed by atoms with Crippen molar-refractivity contribution in [3.05, 3.63) is 42.1 Å². The molecule has 0 radical (unpaired) electrons. The van der Waals surface area contributed by atoms with Crippen molar-refractivity contribution in [2.45, 2.75) is 0 Å². The summed E-state index contributed by atoms with van der Waals surface area (Å²) < 4.78 is 5.31. The number of H-pyrrole nitrogens is 1. The summed E-state index contributed by atoms with van der Waals surface area (Å²) in [6.07, 6.45) is 1.70. The number of nitriles is 1. The molecule has 0 bridgehead atoms. The van der Waals surface area contributed by atoms with Crippen molar-refractivity contribution in [2.24, 2.45) is 0 Å². The topological polar surface area (TPSA) is 74.6 Å². The summed E-state index contributed by atoms with van der Waals surface area (Å²) in [6, 6.07) is 11.1. The first-order valence-electron chi connectivity index (χ1n) is 5.71. The van der Waals surface area contributed by atoms with E-state index in [0.717, 1.165) is 11.1 Å². The summed E-state index contributed by atoms with van der Waals surface area (Å²) in [7, 11) is 1.57. The SMILES string of the molecule is COc1cc(C#N)ccc1-c1nc2ncccc2[nH]1. The fourth-order valence-electron chi connectivity index (χ4n) is 1.93. The van der Waals surface area contributed by atoms with Crippen LogP contribution in [0.4, 0.5) is 0 Å². The number of benzene rings is 1. The molecule has 2 aromatic heterocycles. The Morgan fingerprint density at radius 1 is 1.32 bits per heavy atom. The zero-order valence-electron chi connectivity index (χ0n) is 10.2. The highest BCUT2D eigenvalue weighted by molar-refractivity contribution is 5.77. The molecule has 0 aliphatic rings. The number of nitrogens with one attached hydrogen (secondary N) is 1. The fourth-order valence-corrected chi connectivity index (χ4v) is 1.93. The van der Waals surface area contributed by atoms with Crippen LogP contribution in [0.5, 0.6) is 5.75 Å². The van der Waals surface area contributed by atoms with Crippen LogP contribution in [0.2, 0.25) is 0 Å². The number of imidazole rings is 1. The lowest BCUT2D eigenvalue weighted by Crippen LogP contribution is -1.90. The molecule has 0 aliphatic heterocycles. The minimum atomic E-state index is 0.551. The van der Waals surface area contributed by atoms with E-state index in [0.29, 0.717) is 22.8 Å². The Bertz CT molecular complexity index is 752. The van der Waals surface area contributed by atoms with E-state index in [-0.39, 0.29) is 0 Å². The number of hydrogen-bond donors (Lipinski definition) is 1. The van der Waals surface area contributed by atoms with Gasteiger partial charge in [-0.3, -0.25) is 0 Å². The van der Waals surface area contributed by atoms with E-state index < -0.39 is 0 Å². The van der Waals surface area contributed by atoms with Gasteiger partial charge in [0, 0.05) is 6.20 Å². The van der Waals surface area contributed by atoms with Gasteiger partial charge in [0.05, 0.1) is 29.8 Å². The predicted molar refractivity (Wildman–Crippen MR) is 70.6 cm³/mol. The van der Waals surface area contributed by atoms with Crippen molar-refractivity contribution in [3.63, 3.8) is 0 Å². The molecule has 0 fully saturated rings. The van der Waals surface area contributed by atoms with Crippen molar-refractivity contribution in [2.75, 3.05) is 7.11 Å². The third-order valence-corrected chi connectivity index (χ3v) is 2.84. The van der Waals surface area contributed by atoms with Crippen LogP contribution in [0.1, 0.15) is 5.56 Å². The second-order valence-electron chi connectivity index (χ2n) is 3.99. The smallest absolute Gasteiger partial charge is 0.178 e. The number of aromatic amines is 1. The van der Waals surface area contributed by atoms with Gasteiger partial charge in [-0.25, -0.2) is 9.97 Å².